The third-order valence-corrected chi connectivity index (χ3v) is 9.37. The van der Waals surface area contributed by atoms with Gasteiger partial charge in [0.15, 0.2) is 0 Å². The number of nitrogens with zero attached hydrogens (tertiary/aromatic N) is 4. The Morgan fingerprint density at radius 3 is 2.53 bits per heavy atom. The topological polar surface area (TPSA) is 136 Å². The number of carbonyl (C=O) groups is 1. The van der Waals surface area contributed by atoms with Crippen molar-refractivity contribution in [2.24, 2.45) is 0 Å². The fourth-order valence-corrected chi connectivity index (χ4v) is 7.06. The number of aromatic nitrogens is 3. The van der Waals surface area contributed by atoms with Gasteiger partial charge in [-0.2, -0.15) is 0 Å². The molecule has 1 aliphatic rings. The van der Waals surface area contributed by atoms with Crippen LogP contribution in [0.25, 0.3) is 22.0 Å². The van der Waals surface area contributed by atoms with Crippen LogP contribution in [0, 0.1) is 18.6 Å². The monoisotopic (exact) mass is 716 g/mol. The molecule has 0 saturated carbocycles. The minimum absolute atomic E-state index is 0.0437. The van der Waals surface area contributed by atoms with E-state index in [0.717, 1.165) is 18.9 Å². The molecule has 3 heterocycles. The lowest BCUT2D eigenvalue weighted by Gasteiger charge is -2.34. The van der Waals surface area contributed by atoms with Crippen molar-refractivity contribution in [3.63, 3.8) is 0 Å². The van der Waals surface area contributed by atoms with E-state index in [1.165, 1.54) is 30.3 Å². The first kappa shape index (κ1) is 35.5. The molecule has 1 fully saturated rings. The van der Waals surface area contributed by atoms with Gasteiger partial charge < -0.3 is 19.7 Å². The predicted molar refractivity (Wildman–Crippen MR) is 191 cm³/mol. The molecule has 0 unspecified atom stereocenters. The van der Waals surface area contributed by atoms with Crippen molar-refractivity contribution in [3.05, 3.63) is 102 Å². The molecule has 6 rings (SSSR count). The van der Waals surface area contributed by atoms with Crippen LogP contribution in [0.4, 0.5) is 25.2 Å². The lowest BCUT2D eigenvalue weighted by molar-refractivity contribution is 0.0206. The van der Waals surface area contributed by atoms with Gasteiger partial charge in [-0.1, -0.05) is 30.3 Å². The normalized spacial score (nSPS) is 15.0. The van der Waals surface area contributed by atoms with Crippen molar-refractivity contribution in [2.45, 2.75) is 57.9 Å². The van der Waals surface area contributed by atoms with Crippen molar-refractivity contribution in [3.8, 4) is 22.9 Å². The van der Waals surface area contributed by atoms with Gasteiger partial charge in [0.05, 0.1) is 22.7 Å². The molecule has 2 N–H and O–H groups in total. The first-order chi connectivity index (χ1) is 24.3. The van der Waals surface area contributed by atoms with E-state index < -0.39 is 33.0 Å². The van der Waals surface area contributed by atoms with Crippen LogP contribution < -0.4 is 14.8 Å². The molecule has 3 aromatic carbocycles. The minimum atomic E-state index is -4.21. The number of carbonyl (C=O) groups excluding carboxylic acids is 1. The Labute approximate surface area is 295 Å². The first-order valence-corrected chi connectivity index (χ1v) is 18.1. The van der Waals surface area contributed by atoms with Gasteiger partial charge in [0.2, 0.25) is 21.9 Å². The van der Waals surface area contributed by atoms with Crippen molar-refractivity contribution in [2.75, 3.05) is 23.1 Å². The molecule has 266 valence electrons. The minimum Gasteiger partial charge on any atom is -0.444 e. The van der Waals surface area contributed by atoms with Crippen LogP contribution in [0.1, 0.15) is 44.7 Å². The Bertz CT molecular complexity index is 2190. The molecule has 0 radical (unpaired) electrons. The number of hydrogen-bond acceptors (Lipinski definition) is 9. The van der Waals surface area contributed by atoms with Crippen LogP contribution in [-0.4, -0.2) is 59.1 Å². The van der Waals surface area contributed by atoms with Crippen LogP contribution in [0.2, 0.25) is 0 Å². The Balaban J connectivity index is 1.26. The zero-order valence-corrected chi connectivity index (χ0v) is 29.4. The summed E-state index contributed by atoms with van der Waals surface area (Å²) in [7, 11) is -4.21. The van der Waals surface area contributed by atoms with E-state index >= 15 is 4.39 Å². The second kappa shape index (κ2) is 14.5. The van der Waals surface area contributed by atoms with E-state index in [4.69, 9.17) is 14.5 Å². The SMILES string of the molecule is Cc1ccc2c(NS(=O)(=O)Cc3ccccc3F)c(F)ccc2c1Oc1ncccc1-c1ccnc(N[C@H]2CCCN(C(=O)OC(C)(C)C)C2)n1. The molecule has 0 bridgehead atoms. The van der Waals surface area contributed by atoms with Crippen LogP contribution in [0.3, 0.4) is 0 Å². The quantitative estimate of drug-likeness (QED) is 0.157. The van der Waals surface area contributed by atoms with Crippen molar-refractivity contribution < 1.29 is 31.5 Å². The van der Waals surface area contributed by atoms with Crippen LogP contribution in [0.15, 0.2) is 79.1 Å². The van der Waals surface area contributed by atoms with E-state index in [0.29, 0.717) is 47.0 Å². The molecule has 0 spiro atoms. The maximum absolute atomic E-state index is 15.2. The highest BCUT2D eigenvalue weighted by Crippen LogP contribution is 2.40. The van der Waals surface area contributed by atoms with Crippen LogP contribution in [0.5, 0.6) is 11.6 Å². The van der Waals surface area contributed by atoms with E-state index in [2.05, 4.69) is 20.0 Å². The average Bonchev–Trinajstić information content (AvgIpc) is 3.08. The van der Waals surface area contributed by atoms with E-state index in [9.17, 15) is 17.6 Å². The maximum atomic E-state index is 15.2. The molecule has 1 amide bonds. The second-order valence-corrected chi connectivity index (χ2v) is 15.0. The van der Waals surface area contributed by atoms with Gasteiger partial charge in [-0.3, -0.25) is 4.72 Å². The van der Waals surface area contributed by atoms with E-state index in [1.54, 1.807) is 54.5 Å². The zero-order valence-electron chi connectivity index (χ0n) is 28.6. The summed E-state index contributed by atoms with van der Waals surface area (Å²) in [6, 6.07) is 16.6. The van der Waals surface area contributed by atoms with Gasteiger partial charge in [-0.05, 0) is 82.5 Å². The number of pyridine rings is 1. The summed E-state index contributed by atoms with van der Waals surface area (Å²) in [6.07, 6.45) is 4.42. The Morgan fingerprint density at radius 1 is 0.961 bits per heavy atom. The number of halogens is 2. The van der Waals surface area contributed by atoms with Crippen molar-refractivity contribution in [1.82, 2.24) is 19.9 Å². The highest BCUT2D eigenvalue weighted by molar-refractivity contribution is 7.91. The molecule has 14 heteroatoms. The summed E-state index contributed by atoms with van der Waals surface area (Å²) >= 11 is 0. The number of hydrogen-bond donors (Lipinski definition) is 2. The highest BCUT2D eigenvalue weighted by Gasteiger charge is 2.28. The molecular weight excluding hydrogens is 679 g/mol. The summed E-state index contributed by atoms with van der Waals surface area (Å²) in [6.45, 7) is 8.35. The van der Waals surface area contributed by atoms with Gasteiger partial charge in [-0.15, -0.1) is 0 Å². The molecule has 2 aromatic heterocycles. The third kappa shape index (κ3) is 8.51. The molecule has 1 aliphatic heterocycles. The number of amides is 1. The van der Waals surface area contributed by atoms with E-state index in [1.807, 2.05) is 20.8 Å². The van der Waals surface area contributed by atoms with Gasteiger partial charge >= 0.3 is 6.09 Å². The molecule has 0 aliphatic carbocycles. The number of fused-ring (bicyclic) bond motifs is 1. The summed E-state index contributed by atoms with van der Waals surface area (Å²) in [5, 5.41) is 4.01. The second-order valence-electron chi connectivity index (χ2n) is 13.3. The first-order valence-electron chi connectivity index (χ1n) is 16.4. The maximum Gasteiger partial charge on any atom is 0.410 e. The smallest absolute Gasteiger partial charge is 0.410 e. The zero-order chi connectivity index (χ0) is 36.3. The largest absolute Gasteiger partial charge is 0.444 e. The van der Waals surface area contributed by atoms with Gasteiger partial charge in [0.1, 0.15) is 23.0 Å². The molecule has 51 heavy (non-hydrogen) atoms. The van der Waals surface area contributed by atoms with Gasteiger partial charge in [0.25, 0.3) is 0 Å². The summed E-state index contributed by atoms with van der Waals surface area (Å²) < 4.78 is 69.9. The summed E-state index contributed by atoms with van der Waals surface area (Å²) in [5.74, 6) is -1.26. The number of piperidine rings is 1. The lowest BCUT2D eigenvalue weighted by atomic mass is 10.0. The Hall–Kier alpha value is -5.37. The summed E-state index contributed by atoms with van der Waals surface area (Å²) in [5.41, 5.74) is 0.825. The molecule has 1 saturated heterocycles. The Kier molecular flexibility index (Phi) is 10.1. The van der Waals surface area contributed by atoms with Crippen molar-refractivity contribution >= 4 is 38.5 Å². The van der Waals surface area contributed by atoms with Gasteiger partial charge in [0, 0.05) is 47.9 Å². The molecular formula is C37H38F2N6O5S. The average molecular weight is 717 g/mol. The Morgan fingerprint density at radius 2 is 1.75 bits per heavy atom. The number of rotatable bonds is 9. The summed E-state index contributed by atoms with van der Waals surface area (Å²) in [4.78, 5) is 28.0. The fraction of sp³-hybridized carbons (Fsp3) is 0.297. The number of anilines is 2. The van der Waals surface area contributed by atoms with Crippen molar-refractivity contribution in [1.29, 1.82) is 0 Å². The van der Waals surface area contributed by atoms with Gasteiger partial charge in [-0.25, -0.2) is 36.9 Å². The lowest BCUT2D eigenvalue weighted by Crippen LogP contribution is -2.47. The number of ether oxygens (including phenoxy) is 2. The van der Waals surface area contributed by atoms with E-state index in [-0.39, 0.29) is 34.7 Å². The third-order valence-electron chi connectivity index (χ3n) is 8.17. The van der Waals surface area contributed by atoms with Crippen LogP contribution in [-0.2, 0) is 20.5 Å². The molecule has 5 aromatic rings. The molecule has 1 atom stereocenters. The predicted octanol–water partition coefficient (Wildman–Crippen LogP) is 7.82. The fourth-order valence-electron chi connectivity index (χ4n) is 5.82. The molecule has 11 nitrogen and oxygen atoms in total. The number of sulfonamides is 1. The number of likely N-dealkylation sites (tertiary alicyclic amines) is 1. The standard InChI is InChI=1S/C37H38F2N6O5S/c1-23-13-14-26-27(15-16-30(39)32(26)44-51(47,48)22-24-9-5-6-12-29(24)38)33(23)49-34-28(11-7-18-40-34)31-17-19-41-35(43-31)42-25-10-8-20-45(21-25)36(46)50-37(2,3)4/h5-7,9,11-19,25,44H,8,10,20-22H2,1-4H3,(H,41,42,43)/t25-/m0/s1. The highest BCUT2D eigenvalue weighted by atomic mass is 32.2. The van der Waals surface area contributed by atoms with Crippen LogP contribution >= 0.6 is 0 Å². The number of aryl methyl sites for hydroxylation is 1. The number of benzene rings is 3. The number of nitrogens with one attached hydrogen (secondary N) is 2.